The van der Waals surface area contributed by atoms with Gasteiger partial charge in [-0.15, -0.1) is 0 Å². The smallest absolute Gasteiger partial charge is 0.379 e. The van der Waals surface area contributed by atoms with Crippen molar-refractivity contribution < 1.29 is 27.4 Å². The van der Waals surface area contributed by atoms with Crippen molar-refractivity contribution >= 4 is 11.5 Å². The number of halogens is 3. The van der Waals surface area contributed by atoms with Crippen LogP contribution in [0.3, 0.4) is 0 Å². The van der Waals surface area contributed by atoms with Gasteiger partial charge < -0.3 is 19.7 Å². The van der Waals surface area contributed by atoms with E-state index in [1.807, 2.05) is 11.0 Å². The predicted molar refractivity (Wildman–Crippen MR) is 120 cm³/mol. The zero-order valence-corrected chi connectivity index (χ0v) is 19.6. The van der Waals surface area contributed by atoms with Gasteiger partial charge in [-0.05, 0) is 55.2 Å². The molecular formula is C25H32F3N3O3. The minimum atomic E-state index is -4.43. The maximum atomic E-state index is 13.6. The number of methoxy groups -OCH3 is 1. The summed E-state index contributed by atoms with van der Waals surface area (Å²) in [6, 6.07) is 1.63. The fourth-order valence-corrected chi connectivity index (χ4v) is 6.56. The summed E-state index contributed by atoms with van der Waals surface area (Å²) in [5.74, 6) is 0.323. The molecule has 6 atom stereocenters. The second-order valence-corrected chi connectivity index (χ2v) is 10.2. The number of hydrogen-bond acceptors (Lipinski definition) is 5. The van der Waals surface area contributed by atoms with Gasteiger partial charge in [-0.3, -0.25) is 9.78 Å². The Hall–Kier alpha value is -1.97. The first kappa shape index (κ1) is 23.8. The number of aromatic nitrogens is 1. The maximum Gasteiger partial charge on any atom is 0.417 e. The lowest BCUT2D eigenvalue weighted by atomic mass is 9.73. The zero-order chi connectivity index (χ0) is 24.1. The van der Waals surface area contributed by atoms with Gasteiger partial charge in [-0.25, -0.2) is 0 Å². The van der Waals surface area contributed by atoms with Crippen molar-refractivity contribution in [2.24, 2.45) is 11.3 Å². The average Bonchev–Trinajstić information content (AvgIpc) is 3.35. The molecular weight excluding hydrogens is 447 g/mol. The van der Waals surface area contributed by atoms with Gasteiger partial charge in [0.2, 0.25) is 5.91 Å². The molecule has 6 nitrogen and oxygen atoms in total. The van der Waals surface area contributed by atoms with E-state index in [0.717, 1.165) is 37.5 Å². The number of ether oxygens (including phenoxy) is 2. The van der Waals surface area contributed by atoms with Crippen LogP contribution in [0.15, 0.2) is 24.5 Å². The van der Waals surface area contributed by atoms with E-state index in [0.29, 0.717) is 31.7 Å². The fraction of sp³-hybridized carbons (Fsp3) is 0.680. The molecule has 1 N–H and O–H groups in total. The van der Waals surface area contributed by atoms with E-state index in [9.17, 15) is 18.0 Å². The Kier molecular flexibility index (Phi) is 6.23. The second kappa shape index (κ2) is 8.91. The van der Waals surface area contributed by atoms with E-state index in [-0.39, 0.29) is 36.1 Å². The van der Waals surface area contributed by atoms with Crippen LogP contribution in [0.5, 0.6) is 0 Å². The van der Waals surface area contributed by atoms with Crippen molar-refractivity contribution in [3.63, 3.8) is 0 Å². The van der Waals surface area contributed by atoms with E-state index in [1.54, 1.807) is 7.11 Å². The molecule has 0 bridgehead atoms. The topological polar surface area (TPSA) is 63.7 Å². The Morgan fingerprint density at radius 3 is 2.88 bits per heavy atom. The molecule has 1 spiro atoms. The van der Waals surface area contributed by atoms with Gasteiger partial charge >= 0.3 is 6.18 Å². The van der Waals surface area contributed by atoms with E-state index in [2.05, 4.69) is 17.2 Å². The van der Waals surface area contributed by atoms with Gasteiger partial charge in [0.05, 0.1) is 23.7 Å². The average molecular weight is 480 g/mol. The largest absolute Gasteiger partial charge is 0.417 e. The molecule has 2 saturated heterocycles. The van der Waals surface area contributed by atoms with E-state index in [4.69, 9.17) is 9.47 Å². The molecule has 5 rings (SSSR count). The molecule has 1 aliphatic carbocycles. The van der Waals surface area contributed by atoms with Crippen LogP contribution in [0.25, 0.3) is 5.57 Å². The number of fused-ring (bicyclic) bond motifs is 1. The van der Waals surface area contributed by atoms with Gasteiger partial charge in [0.15, 0.2) is 0 Å². The lowest BCUT2D eigenvalue weighted by Gasteiger charge is -2.34. The van der Waals surface area contributed by atoms with E-state index >= 15 is 0 Å². The van der Waals surface area contributed by atoms with E-state index in [1.165, 1.54) is 12.3 Å². The number of nitrogens with one attached hydrogen (secondary N) is 1. The molecule has 1 amide bonds. The van der Waals surface area contributed by atoms with Gasteiger partial charge in [-0.1, -0.05) is 13.0 Å². The highest BCUT2D eigenvalue weighted by Gasteiger charge is 2.60. The van der Waals surface area contributed by atoms with Crippen molar-refractivity contribution in [2.45, 2.75) is 69.4 Å². The fourth-order valence-electron chi connectivity index (χ4n) is 6.56. The summed E-state index contributed by atoms with van der Waals surface area (Å²) in [6.45, 7) is 3.87. The molecule has 1 aromatic rings. The molecule has 186 valence electrons. The van der Waals surface area contributed by atoms with Crippen molar-refractivity contribution in [2.75, 3.05) is 26.9 Å². The summed E-state index contributed by atoms with van der Waals surface area (Å²) in [4.78, 5) is 19.4. The second-order valence-electron chi connectivity index (χ2n) is 10.2. The number of hydrogen-bond donors (Lipinski definition) is 1. The van der Waals surface area contributed by atoms with Crippen molar-refractivity contribution in [1.29, 1.82) is 0 Å². The third kappa shape index (κ3) is 4.05. The van der Waals surface area contributed by atoms with Crippen LogP contribution in [0.2, 0.25) is 0 Å². The number of alkyl halides is 3. The summed E-state index contributed by atoms with van der Waals surface area (Å²) in [7, 11) is 1.70. The Morgan fingerprint density at radius 1 is 1.29 bits per heavy atom. The van der Waals surface area contributed by atoms with Crippen molar-refractivity contribution in [3.05, 3.63) is 35.7 Å². The molecule has 3 fully saturated rings. The minimum Gasteiger partial charge on any atom is -0.379 e. The van der Waals surface area contributed by atoms with Gasteiger partial charge in [0.25, 0.3) is 0 Å². The highest BCUT2D eigenvalue weighted by molar-refractivity contribution is 5.88. The highest BCUT2D eigenvalue weighted by Crippen LogP contribution is 2.55. The zero-order valence-electron chi connectivity index (χ0n) is 19.6. The molecule has 1 aromatic heterocycles. The summed E-state index contributed by atoms with van der Waals surface area (Å²) >= 11 is 0. The Bertz CT molecular complexity index is 968. The van der Waals surface area contributed by atoms with Crippen LogP contribution in [0.4, 0.5) is 13.2 Å². The third-order valence-electron chi connectivity index (χ3n) is 8.54. The van der Waals surface area contributed by atoms with Gasteiger partial charge in [0, 0.05) is 50.8 Å². The standard InChI is InChI=1S/C25H32F3N3O3/c1-15-21-10-16(17-9-18(13-29-12-17)25(26,27)28)4-7-31(21)23(32)24(15)6-3-19(11-24)30-20-5-8-34-14-22(20)33-2/h4,9,12-13,15,19-22,30H,3,5-8,10-11,14H2,1-2H3/t15?,19?,20?,21?,22?,24-/m0/s1. The normalized spacial score (nSPS) is 36.1. The molecule has 1 saturated carbocycles. The number of amides is 1. The summed E-state index contributed by atoms with van der Waals surface area (Å²) in [5.41, 5.74) is 0.180. The minimum absolute atomic E-state index is 0.00408. The SMILES string of the molecule is COC1COCCC1NC1CC[C@@]2(C1)C(=O)N1CC=C(c3cncc(C(F)(F)F)c3)CC1C2C. The molecule has 0 radical (unpaired) electrons. The quantitative estimate of drug-likeness (QED) is 0.714. The highest BCUT2D eigenvalue weighted by atomic mass is 19.4. The van der Waals surface area contributed by atoms with Crippen molar-refractivity contribution in [1.82, 2.24) is 15.2 Å². The van der Waals surface area contributed by atoms with Gasteiger partial charge in [-0.2, -0.15) is 13.2 Å². The van der Waals surface area contributed by atoms with Crippen LogP contribution >= 0.6 is 0 Å². The number of pyridine rings is 1. The van der Waals surface area contributed by atoms with E-state index < -0.39 is 17.2 Å². The number of carbonyl (C=O) groups is 1. The van der Waals surface area contributed by atoms with Gasteiger partial charge in [0.1, 0.15) is 0 Å². The number of rotatable bonds is 4. The molecule has 3 aliphatic heterocycles. The predicted octanol–water partition coefficient (Wildman–Crippen LogP) is 3.67. The maximum absolute atomic E-state index is 13.6. The Balaban J connectivity index is 1.30. The Morgan fingerprint density at radius 2 is 2.12 bits per heavy atom. The molecule has 4 heterocycles. The first-order valence-electron chi connectivity index (χ1n) is 12.1. The number of nitrogens with zero attached hydrogens (tertiary/aromatic N) is 2. The third-order valence-corrected chi connectivity index (χ3v) is 8.54. The van der Waals surface area contributed by atoms with Crippen LogP contribution in [-0.2, 0) is 20.4 Å². The Labute approximate surface area is 197 Å². The molecule has 34 heavy (non-hydrogen) atoms. The molecule has 4 aliphatic rings. The lowest BCUT2D eigenvalue weighted by molar-refractivity contribution is -0.138. The van der Waals surface area contributed by atoms with Crippen LogP contribution < -0.4 is 5.32 Å². The lowest BCUT2D eigenvalue weighted by Crippen LogP contribution is -2.51. The van der Waals surface area contributed by atoms with Crippen LogP contribution in [0, 0.1) is 11.3 Å². The monoisotopic (exact) mass is 479 g/mol. The summed E-state index contributed by atoms with van der Waals surface area (Å²) in [5, 5.41) is 3.74. The molecule has 0 aromatic carbocycles. The first-order valence-corrected chi connectivity index (χ1v) is 12.1. The van der Waals surface area contributed by atoms with Crippen LogP contribution in [-0.4, -0.2) is 66.9 Å². The van der Waals surface area contributed by atoms with Crippen molar-refractivity contribution in [3.8, 4) is 0 Å². The first-order chi connectivity index (χ1) is 16.2. The molecule has 5 unspecified atom stereocenters. The molecule has 9 heteroatoms. The number of carbonyl (C=O) groups excluding carboxylic acids is 1. The summed E-state index contributed by atoms with van der Waals surface area (Å²) < 4.78 is 50.7. The summed E-state index contributed by atoms with van der Waals surface area (Å²) in [6.07, 6.45) is 3.82. The van der Waals surface area contributed by atoms with Crippen LogP contribution in [0.1, 0.15) is 50.2 Å².